The Kier molecular flexibility index (Phi) is 5.91. The van der Waals surface area contributed by atoms with Gasteiger partial charge >= 0.3 is 0 Å². The average Bonchev–Trinajstić information content (AvgIpc) is 2.45. The van der Waals surface area contributed by atoms with E-state index in [0.717, 1.165) is 13.1 Å². The van der Waals surface area contributed by atoms with E-state index < -0.39 is 12.0 Å². The van der Waals surface area contributed by atoms with Crippen LogP contribution in [0.2, 0.25) is 0 Å². The SMILES string of the molecule is CCN(CC)c1nc(NC)nc(NCC(O)C(N)=O)n1. The molecule has 0 aliphatic rings. The van der Waals surface area contributed by atoms with Crippen LogP contribution < -0.4 is 21.3 Å². The number of aromatic nitrogens is 3. The number of carbonyl (C=O) groups excluding carboxylic acids is 1. The van der Waals surface area contributed by atoms with Crippen LogP contribution in [0.1, 0.15) is 13.8 Å². The number of nitrogens with one attached hydrogen (secondary N) is 2. The number of hydrogen-bond acceptors (Lipinski definition) is 8. The summed E-state index contributed by atoms with van der Waals surface area (Å²) in [7, 11) is 1.70. The predicted molar refractivity (Wildman–Crippen MR) is 76.6 cm³/mol. The van der Waals surface area contributed by atoms with Gasteiger partial charge in [0.15, 0.2) is 0 Å². The quantitative estimate of drug-likeness (QED) is 0.479. The van der Waals surface area contributed by atoms with Crippen LogP contribution in [0, 0.1) is 0 Å². The summed E-state index contributed by atoms with van der Waals surface area (Å²) in [4.78, 5) is 25.3. The summed E-state index contributed by atoms with van der Waals surface area (Å²) in [5.74, 6) is 0.388. The van der Waals surface area contributed by atoms with Gasteiger partial charge in [0.05, 0.1) is 6.54 Å². The maximum Gasteiger partial charge on any atom is 0.248 e. The van der Waals surface area contributed by atoms with Crippen LogP contribution in [0.3, 0.4) is 0 Å². The van der Waals surface area contributed by atoms with Gasteiger partial charge in [0.25, 0.3) is 0 Å². The van der Waals surface area contributed by atoms with Crippen molar-refractivity contribution in [3.8, 4) is 0 Å². The molecule has 0 aliphatic heterocycles. The minimum absolute atomic E-state index is 0.0554. The third-order valence-corrected chi connectivity index (χ3v) is 2.68. The van der Waals surface area contributed by atoms with Gasteiger partial charge in [0.2, 0.25) is 23.8 Å². The molecule has 0 saturated carbocycles. The number of hydrogen-bond donors (Lipinski definition) is 4. The summed E-state index contributed by atoms with van der Waals surface area (Å²) >= 11 is 0. The number of nitrogens with zero attached hydrogens (tertiary/aromatic N) is 4. The summed E-state index contributed by atoms with van der Waals surface area (Å²) in [6.45, 7) is 5.45. The molecular formula is C11H21N7O2. The average molecular weight is 283 g/mol. The fourth-order valence-corrected chi connectivity index (χ4v) is 1.49. The molecule has 9 nitrogen and oxygen atoms in total. The van der Waals surface area contributed by atoms with Crippen molar-refractivity contribution in [3.63, 3.8) is 0 Å². The molecule has 0 aliphatic carbocycles. The van der Waals surface area contributed by atoms with Crippen LogP contribution in [-0.4, -0.2) is 58.8 Å². The lowest BCUT2D eigenvalue weighted by Gasteiger charge is -2.19. The number of aliphatic hydroxyl groups excluding tert-OH is 1. The van der Waals surface area contributed by atoms with Crippen LogP contribution >= 0.6 is 0 Å². The van der Waals surface area contributed by atoms with Crippen molar-refractivity contribution in [2.24, 2.45) is 5.73 Å². The van der Waals surface area contributed by atoms with E-state index >= 15 is 0 Å². The summed E-state index contributed by atoms with van der Waals surface area (Å²) in [6.07, 6.45) is -1.29. The zero-order valence-electron chi connectivity index (χ0n) is 11.9. The summed E-state index contributed by atoms with van der Waals surface area (Å²) < 4.78 is 0. The van der Waals surface area contributed by atoms with Crippen LogP contribution in [0.5, 0.6) is 0 Å². The zero-order valence-corrected chi connectivity index (χ0v) is 11.9. The second kappa shape index (κ2) is 7.43. The van der Waals surface area contributed by atoms with E-state index in [1.54, 1.807) is 7.05 Å². The first-order valence-electron chi connectivity index (χ1n) is 6.41. The van der Waals surface area contributed by atoms with E-state index in [2.05, 4.69) is 25.6 Å². The number of anilines is 3. The first kappa shape index (κ1) is 15.9. The van der Waals surface area contributed by atoms with Gasteiger partial charge in [-0.05, 0) is 13.8 Å². The van der Waals surface area contributed by atoms with Crippen LogP contribution in [-0.2, 0) is 4.79 Å². The zero-order chi connectivity index (χ0) is 15.1. The molecule has 0 aromatic carbocycles. The van der Waals surface area contributed by atoms with E-state index in [1.165, 1.54) is 0 Å². The monoisotopic (exact) mass is 283 g/mol. The topological polar surface area (TPSA) is 129 Å². The molecule has 1 unspecified atom stereocenters. The van der Waals surface area contributed by atoms with Gasteiger partial charge in [-0.15, -0.1) is 0 Å². The molecule has 0 spiro atoms. The van der Waals surface area contributed by atoms with Gasteiger partial charge in [0, 0.05) is 20.1 Å². The molecule has 1 amide bonds. The highest BCUT2D eigenvalue weighted by Gasteiger charge is 2.13. The van der Waals surface area contributed by atoms with Crippen molar-refractivity contribution in [1.29, 1.82) is 0 Å². The van der Waals surface area contributed by atoms with Crippen LogP contribution in [0.15, 0.2) is 0 Å². The van der Waals surface area contributed by atoms with Gasteiger partial charge in [-0.3, -0.25) is 4.79 Å². The van der Waals surface area contributed by atoms with Gasteiger partial charge in [0.1, 0.15) is 6.10 Å². The molecule has 1 atom stereocenters. The highest BCUT2D eigenvalue weighted by atomic mass is 16.3. The van der Waals surface area contributed by atoms with Crippen LogP contribution in [0.4, 0.5) is 17.8 Å². The Labute approximate surface area is 117 Å². The molecule has 1 aromatic rings. The molecule has 1 heterocycles. The summed E-state index contributed by atoms with van der Waals surface area (Å²) in [5, 5.41) is 15.0. The second-order valence-electron chi connectivity index (χ2n) is 4.00. The third kappa shape index (κ3) is 4.19. The molecule has 0 radical (unpaired) electrons. The predicted octanol–water partition coefficient (Wildman–Crippen LogP) is -0.982. The number of aliphatic hydroxyl groups is 1. The van der Waals surface area contributed by atoms with Crippen molar-refractivity contribution in [2.45, 2.75) is 20.0 Å². The molecule has 20 heavy (non-hydrogen) atoms. The Bertz CT molecular complexity index is 450. The number of rotatable bonds is 8. The number of carbonyl (C=O) groups is 1. The largest absolute Gasteiger partial charge is 0.381 e. The van der Waals surface area contributed by atoms with Gasteiger partial charge in [-0.25, -0.2) is 0 Å². The minimum atomic E-state index is -1.29. The molecule has 0 saturated heterocycles. The maximum atomic E-state index is 10.8. The van der Waals surface area contributed by atoms with Gasteiger partial charge in [-0.1, -0.05) is 0 Å². The molecule has 1 aromatic heterocycles. The van der Waals surface area contributed by atoms with E-state index in [4.69, 9.17) is 5.73 Å². The second-order valence-corrected chi connectivity index (χ2v) is 4.00. The Balaban J connectivity index is 2.90. The van der Waals surface area contributed by atoms with Crippen molar-refractivity contribution in [1.82, 2.24) is 15.0 Å². The van der Waals surface area contributed by atoms with Gasteiger partial charge < -0.3 is 26.4 Å². The summed E-state index contributed by atoms with van der Waals surface area (Å²) in [5.41, 5.74) is 4.97. The minimum Gasteiger partial charge on any atom is -0.381 e. The molecule has 0 fully saturated rings. The highest BCUT2D eigenvalue weighted by molar-refractivity contribution is 5.79. The molecule has 1 rings (SSSR count). The Morgan fingerprint density at radius 1 is 1.30 bits per heavy atom. The Morgan fingerprint density at radius 3 is 2.40 bits per heavy atom. The molecule has 5 N–H and O–H groups in total. The van der Waals surface area contributed by atoms with Gasteiger partial charge in [-0.2, -0.15) is 15.0 Å². The van der Waals surface area contributed by atoms with E-state index in [9.17, 15) is 9.90 Å². The Hall–Kier alpha value is -2.16. The number of nitrogens with two attached hydrogens (primary N) is 1. The fraction of sp³-hybridized carbons (Fsp3) is 0.636. The molecule has 9 heteroatoms. The molecule has 112 valence electrons. The normalized spacial score (nSPS) is 11.8. The first-order valence-corrected chi connectivity index (χ1v) is 6.41. The summed E-state index contributed by atoms with van der Waals surface area (Å²) in [6, 6.07) is 0. The van der Waals surface area contributed by atoms with Crippen molar-refractivity contribution >= 4 is 23.8 Å². The lowest BCUT2D eigenvalue weighted by molar-refractivity contribution is -0.125. The lowest BCUT2D eigenvalue weighted by atomic mass is 10.3. The Morgan fingerprint density at radius 2 is 1.90 bits per heavy atom. The fourth-order valence-electron chi connectivity index (χ4n) is 1.49. The van der Waals surface area contributed by atoms with Crippen LogP contribution in [0.25, 0.3) is 0 Å². The highest BCUT2D eigenvalue weighted by Crippen LogP contribution is 2.13. The lowest BCUT2D eigenvalue weighted by Crippen LogP contribution is -2.34. The van der Waals surface area contributed by atoms with E-state index in [-0.39, 0.29) is 12.5 Å². The van der Waals surface area contributed by atoms with E-state index in [0.29, 0.717) is 11.9 Å². The standard InChI is InChI=1S/C11H21N7O2/c1-4-18(5-2)11-16-9(13-3)15-10(17-11)14-6-7(19)8(12)20/h7,19H,4-6H2,1-3H3,(H2,12,20)(H2,13,14,15,16,17). The number of primary amides is 1. The maximum absolute atomic E-state index is 10.8. The third-order valence-electron chi connectivity index (χ3n) is 2.68. The van der Waals surface area contributed by atoms with Crippen molar-refractivity contribution in [2.75, 3.05) is 42.2 Å². The van der Waals surface area contributed by atoms with E-state index in [1.807, 2.05) is 18.7 Å². The van der Waals surface area contributed by atoms with Crippen molar-refractivity contribution in [3.05, 3.63) is 0 Å². The van der Waals surface area contributed by atoms with Crippen molar-refractivity contribution < 1.29 is 9.90 Å². The molecular weight excluding hydrogens is 262 g/mol. The number of amides is 1. The molecule has 0 bridgehead atoms. The first-order chi connectivity index (χ1) is 9.51. The smallest absolute Gasteiger partial charge is 0.248 e.